The maximum absolute atomic E-state index is 5.34. The second-order valence-electron chi connectivity index (χ2n) is 5.32. The van der Waals surface area contributed by atoms with Crippen LogP contribution in [0.15, 0.2) is 24.4 Å². The lowest BCUT2D eigenvalue weighted by atomic mass is 9.99. The van der Waals surface area contributed by atoms with Gasteiger partial charge >= 0.3 is 0 Å². The summed E-state index contributed by atoms with van der Waals surface area (Å²) < 4.78 is 7.08. The molecule has 1 aromatic carbocycles. The molecule has 21 heavy (non-hydrogen) atoms. The number of ether oxygens (including phenoxy) is 1. The van der Waals surface area contributed by atoms with Gasteiger partial charge in [0.2, 0.25) is 0 Å². The Hall–Kier alpha value is -1.88. The van der Waals surface area contributed by atoms with Crippen LogP contribution in [-0.2, 0) is 13.5 Å². The molecule has 0 bridgehead atoms. The summed E-state index contributed by atoms with van der Waals surface area (Å²) in [6.45, 7) is 5.23. The van der Waals surface area contributed by atoms with E-state index in [2.05, 4.69) is 41.6 Å². The van der Waals surface area contributed by atoms with E-state index < -0.39 is 0 Å². The molecular weight excluding hydrogens is 264 g/mol. The molecule has 0 saturated carbocycles. The first kappa shape index (κ1) is 15.5. The highest BCUT2D eigenvalue weighted by molar-refractivity contribution is 5.37. The minimum Gasteiger partial charge on any atom is -0.496 e. The zero-order chi connectivity index (χ0) is 15.2. The zero-order valence-corrected chi connectivity index (χ0v) is 13.3. The van der Waals surface area contributed by atoms with Gasteiger partial charge in [-0.3, -0.25) is 4.68 Å². The predicted octanol–water partition coefficient (Wildman–Crippen LogP) is 2.42. The summed E-state index contributed by atoms with van der Waals surface area (Å²) >= 11 is 0. The van der Waals surface area contributed by atoms with Gasteiger partial charge in [-0.05, 0) is 37.1 Å². The van der Waals surface area contributed by atoms with Crippen molar-refractivity contribution in [1.29, 1.82) is 0 Å². The van der Waals surface area contributed by atoms with Gasteiger partial charge < -0.3 is 10.1 Å². The van der Waals surface area contributed by atoms with E-state index in [9.17, 15) is 0 Å². The Bertz CT molecular complexity index is 579. The summed E-state index contributed by atoms with van der Waals surface area (Å²) in [6.07, 6.45) is 3.91. The van der Waals surface area contributed by atoms with Gasteiger partial charge in [-0.15, -0.1) is 5.10 Å². The number of nitrogens with zero attached hydrogens (tertiary/aromatic N) is 3. The topological polar surface area (TPSA) is 52.0 Å². The van der Waals surface area contributed by atoms with Crippen LogP contribution in [0.25, 0.3) is 0 Å². The third-order valence-corrected chi connectivity index (χ3v) is 3.53. The maximum Gasteiger partial charge on any atom is 0.121 e. The number of aryl methyl sites for hydroxylation is 2. The monoisotopic (exact) mass is 288 g/mol. The molecule has 2 rings (SSSR count). The molecule has 1 atom stereocenters. The van der Waals surface area contributed by atoms with Crippen molar-refractivity contribution in [3.05, 3.63) is 41.2 Å². The normalized spacial score (nSPS) is 12.4. The molecule has 2 aromatic rings. The molecule has 1 heterocycles. The largest absolute Gasteiger partial charge is 0.496 e. The Labute approximate surface area is 126 Å². The van der Waals surface area contributed by atoms with Gasteiger partial charge in [0.15, 0.2) is 0 Å². The predicted molar refractivity (Wildman–Crippen MR) is 83.5 cm³/mol. The number of methoxy groups -OCH3 is 1. The zero-order valence-electron chi connectivity index (χ0n) is 13.3. The van der Waals surface area contributed by atoms with Crippen molar-refractivity contribution in [3.63, 3.8) is 0 Å². The molecule has 0 saturated heterocycles. The molecule has 0 radical (unpaired) electrons. The second kappa shape index (κ2) is 7.22. The molecule has 0 aliphatic rings. The van der Waals surface area contributed by atoms with Gasteiger partial charge in [0.25, 0.3) is 0 Å². The Morgan fingerprint density at radius 2 is 2.19 bits per heavy atom. The summed E-state index contributed by atoms with van der Waals surface area (Å²) in [5, 5.41) is 11.8. The molecule has 114 valence electrons. The number of hydrogen-bond donors (Lipinski definition) is 1. The first-order valence-electron chi connectivity index (χ1n) is 7.37. The van der Waals surface area contributed by atoms with E-state index in [4.69, 9.17) is 4.74 Å². The van der Waals surface area contributed by atoms with Gasteiger partial charge in [-0.1, -0.05) is 24.3 Å². The molecule has 1 N–H and O–H groups in total. The SMILES string of the molecule is CCCNC(Cc1cn(C)nn1)c1ccc(OC)c(C)c1. The minimum absolute atomic E-state index is 0.242. The van der Waals surface area contributed by atoms with Crippen LogP contribution in [0, 0.1) is 6.92 Å². The fourth-order valence-corrected chi connectivity index (χ4v) is 2.44. The second-order valence-corrected chi connectivity index (χ2v) is 5.32. The standard InChI is InChI=1S/C16H24N4O/c1-5-8-17-15(10-14-11-20(3)19-18-14)13-6-7-16(21-4)12(2)9-13/h6-7,9,11,15,17H,5,8,10H2,1-4H3. The summed E-state index contributed by atoms with van der Waals surface area (Å²) in [5.41, 5.74) is 3.41. The van der Waals surface area contributed by atoms with E-state index in [0.717, 1.165) is 36.4 Å². The van der Waals surface area contributed by atoms with Crippen molar-refractivity contribution in [2.24, 2.45) is 7.05 Å². The average Bonchev–Trinajstić information content (AvgIpc) is 2.88. The van der Waals surface area contributed by atoms with Crippen LogP contribution in [0.1, 0.15) is 36.2 Å². The van der Waals surface area contributed by atoms with Gasteiger partial charge in [0, 0.05) is 25.7 Å². The van der Waals surface area contributed by atoms with E-state index in [1.54, 1.807) is 11.8 Å². The van der Waals surface area contributed by atoms with Gasteiger partial charge in [-0.2, -0.15) is 0 Å². The van der Waals surface area contributed by atoms with Crippen LogP contribution >= 0.6 is 0 Å². The quantitative estimate of drug-likeness (QED) is 0.850. The number of aromatic nitrogens is 3. The van der Waals surface area contributed by atoms with Crippen molar-refractivity contribution in [1.82, 2.24) is 20.3 Å². The Balaban J connectivity index is 2.20. The van der Waals surface area contributed by atoms with E-state index in [0.29, 0.717) is 0 Å². The van der Waals surface area contributed by atoms with Crippen molar-refractivity contribution < 1.29 is 4.74 Å². The number of benzene rings is 1. The average molecular weight is 288 g/mol. The summed E-state index contributed by atoms with van der Waals surface area (Å²) in [7, 11) is 3.59. The van der Waals surface area contributed by atoms with Crippen LogP contribution in [0.5, 0.6) is 5.75 Å². The number of rotatable bonds is 7. The summed E-state index contributed by atoms with van der Waals surface area (Å²) in [4.78, 5) is 0. The van der Waals surface area contributed by atoms with Crippen LogP contribution in [0.4, 0.5) is 0 Å². The fraction of sp³-hybridized carbons (Fsp3) is 0.500. The van der Waals surface area contributed by atoms with Crippen LogP contribution < -0.4 is 10.1 Å². The molecule has 0 aliphatic heterocycles. The Kier molecular flexibility index (Phi) is 5.33. The van der Waals surface area contributed by atoms with E-state index >= 15 is 0 Å². The van der Waals surface area contributed by atoms with Crippen molar-refractivity contribution in [2.45, 2.75) is 32.7 Å². The van der Waals surface area contributed by atoms with E-state index in [1.165, 1.54) is 5.56 Å². The van der Waals surface area contributed by atoms with Gasteiger partial charge in [0.05, 0.1) is 12.8 Å². The molecule has 0 fully saturated rings. The molecular formula is C16H24N4O. The smallest absolute Gasteiger partial charge is 0.121 e. The number of hydrogen-bond acceptors (Lipinski definition) is 4. The van der Waals surface area contributed by atoms with Crippen LogP contribution in [-0.4, -0.2) is 28.6 Å². The third kappa shape index (κ3) is 4.04. The van der Waals surface area contributed by atoms with Crippen molar-refractivity contribution in [2.75, 3.05) is 13.7 Å². The molecule has 0 aliphatic carbocycles. The maximum atomic E-state index is 5.34. The molecule has 1 unspecified atom stereocenters. The number of nitrogens with one attached hydrogen (secondary N) is 1. The lowest BCUT2D eigenvalue weighted by Crippen LogP contribution is -2.24. The summed E-state index contributed by atoms with van der Waals surface area (Å²) in [5.74, 6) is 0.924. The highest BCUT2D eigenvalue weighted by Crippen LogP contribution is 2.24. The first-order chi connectivity index (χ1) is 10.1. The van der Waals surface area contributed by atoms with Gasteiger partial charge in [0.1, 0.15) is 5.75 Å². The lowest BCUT2D eigenvalue weighted by molar-refractivity contribution is 0.411. The van der Waals surface area contributed by atoms with Crippen LogP contribution in [0.3, 0.4) is 0 Å². The first-order valence-corrected chi connectivity index (χ1v) is 7.37. The molecule has 1 aromatic heterocycles. The molecule has 0 amide bonds. The third-order valence-electron chi connectivity index (χ3n) is 3.53. The Morgan fingerprint density at radius 3 is 2.76 bits per heavy atom. The van der Waals surface area contributed by atoms with E-state index in [1.807, 2.05) is 19.3 Å². The lowest BCUT2D eigenvalue weighted by Gasteiger charge is -2.19. The molecule has 5 nitrogen and oxygen atoms in total. The molecule has 5 heteroatoms. The molecule has 0 spiro atoms. The van der Waals surface area contributed by atoms with Gasteiger partial charge in [-0.25, -0.2) is 0 Å². The summed E-state index contributed by atoms with van der Waals surface area (Å²) in [6, 6.07) is 6.58. The van der Waals surface area contributed by atoms with Crippen molar-refractivity contribution in [3.8, 4) is 5.75 Å². The van der Waals surface area contributed by atoms with Crippen molar-refractivity contribution >= 4 is 0 Å². The Morgan fingerprint density at radius 1 is 1.38 bits per heavy atom. The van der Waals surface area contributed by atoms with E-state index in [-0.39, 0.29) is 6.04 Å². The fourth-order valence-electron chi connectivity index (χ4n) is 2.44. The van der Waals surface area contributed by atoms with Crippen LogP contribution in [0.2, 0.25) is 0 Å². The minimum atomic E-state index is 0.242. The highest BCUT2D eigenvalue weighted by atomic mass is 16.5. The highest BCUT2D eigenvalue weighted by Gasteiger charge is 2.14.